The van der Waals surface area contributed by atoms with E-state index in [0.717, 1.165) is 25.6 Å². The number of hydrogen-bond donors (Lipinski definition) is 1. The van der Waals surface area contributed by atoms with Gasteiger partial charge in [0.15, 0.2) is 0 Å². The molecule has 1 heterocycles. The summed E-state index contributed by atoms with van der Waals surface area (Å²) in [5.74, 6) is 0. The molecule has 0 aliphatic carbocycles. The van der Waals surface area contributed by atoms with Gasteiger partial charge >= 0.3 is 0 Å². The zero-order chi connectivity index (χ0) is 9.19. The van der Waals surface area contributed by atoms with E-state index in [1.807, 2.05) is 0 Å². The Bertz CT molecular complexity index is 228. The second kappa shape index (κ2) is 3.74. The zero-order valence-corrected chi connectivity index (χ0v) is 9.39. The van der Waals surface area contributed by atoms with Crippen LogP contribution in [0.5, 0.6) is 0 Å². The van der Waals surface area contributed by atoms with Gasteiger partial charge in [-0.1, -0.05) is 31.9 Å². The van der Waals surface area contributed by atoms with Gasteiger partial charge in [-0.15, -0.1) is 0 Å². The van der Waals surface area contributed by atoms with Crippen molar-refractivity contribution in [2.24, 2.45) is 0 Å². The first-order valence-electron chi connectivity index (χ1n) is 3.50. The standard InChI is InChI=1S/C6H8Br2N2O2/c7-6(8)2-1-3-9-5(6)4-10(11)12/h4,9H,1-3H2/b5-4+. The number of alkyl halides is 2. The van der Waals surface area contributed by atoms with E-state index in [-0.39, 0.29) is 0 Å². The summed E-state index contributed by atoms with van der Waals surface area (Å²) in [7, 11) is 0. The Morgan fingerprint density at radius 1 is 1.67 bits per heavy atom. The van der Waals surface area contributed by atoms with E-state index in [0.29, 0.717) is 5.70 Å². The molecule has 0 bridgehead atoms. The molecule has 1 aliphatic rings. The number of allylic oxidation sites excluding steroid dienone is 1. The van der Waals surface area contributed by atoms with Crippen LogP contribution in [0, 0.1) is 10.1 Å². The summed E-state index contributed by atoms with van der Waals surface area (Å²) in [6.45, 7) is 0.790. The van der Waals surface area contributed by atoms with Crippen LogP contribution in [0.2, 0.25) is 0 Å². The number of nitrogens with one attached hydrogen (secondary N) is 1. The Kier molecular flexibility index (Phi) is 3.11. The molecule has 6 heteroatoms. The average Bonchev–Trinajstić information content (AvgIpc) is 1.92. The smallest absolute Gasteiger partial charge is 0.255 e. The Hall–Kier alpha value is -0.100. The summed E-state index contributed by atoms with van der Waals surface area (Å²) >= 11 is 6.74. The van der Waals surface area contributed by atoms with Crippen LogP contribution in [0.25, 0.3) is 0 Å². The predicted octanol–water partition coefficient (Wildman–Crippen LogP) is 1.97. The SMILES string of the molecule is O=[N+]([O-])/C=C1/NCCCC1(Br)Br. The van der Waals surface area contributed by atoms with Gasteiger partial charge in [0.05, 0.1) is 4.92 Å². The highest BCUT2D eigenvalue weighted by atomic mass is 79.9. The molecule has 0 aromatic heterocycles. The first-order valence-corrected chi connectivity index (χ1v) is 5.08. The second-order valence-corrected chi connectivity index (χ2v) is 6.33. The van der Waals surface area contributed by atoms with Gasteiger partial charge in [0, 0.05) is 6.54 Å². The summed E-state index contributed by atoms with van der Waals surface area (Å²) < 4.78 is -0.439. The maximum Gasteiger partial charge on any atom is 0.255 e. The topological polar surface area (TPSA) is 55.2 Å². The van der Waals surface area contributed by atoms with Crippen LogP contribution in [0.1, 0.15) is 12.8 Å². The van der Waals surface area contributed by atoms with Crippen LogP contribution >= 0.6 is 31.9 Å². The van der Waals surface area contributed by atoms with E-state index in [1.165, 1.54) is 0 Å². The van der Waals surface area contributed by atoms with E-state index >= 15 is 0 Å². The highest BCUT2D eigenvalue weighted by molar-refractivity contribution is 9.25. The maximum absolute atomic E-state index is 10.2. The highest BCUT2D eigenvalue weighted by Gasteiger charge is 2.33. The summed E-state index contributed by atoms with van der Waals surface area (Å²) in [4.78, 5) is 9.75. The van der Waals surface area contributed by atoms with Gasteiger partial charge in [-0.25, -0.2) is 0 Å². The number of hydrogen-bond acceptors (Lipinski definition) is 3. The zero-order valence-electron chi connectivity index (χ0n) is 6.22. The molecular formula is C6H8Br2N2O2. The van der Waals surface area contributed by atoms with Crippen molar-refractivity contribution in [3.63, 3.8) is 0 Å². The fourth-order valence-electron chi connectivity index (χ4n) is 1.04. The Morgan fingerprint density at radius 2 is 2.33 bits per heavy atom. The van der Waals surface area contributed by atoms with Crippen LogP contribution in [0.3, 0.4) is 0 Å². The van der Waals surface area contributed by atoms with Crippen molar-refractivity contribution >= 4 is 31.9 Å². The Labute approximate surface area is 86.8 Å². The molecule has 0 saturated carbocycles. The highest BCUT2D eigenvalue weighted by Crippen LogP contribution is 2.39. The number of piperidine rings is 1. The monoisotopic (exact) mass is 298 g/mol. The van der Waals surface area contributed by atoms with Crippen LogP contribution in [0.15, 0.2) is 11.9 Å². The molecular weight excluding hydrogens is 292 g/mol. The van der Waals surface area contributed by atoms with Crippen LogP contribution in [-0.4, -0.2) is 14.7 Å². The second-order valence-electron chi connectivity index (χ2n) is 2.56. The lowest BCUT2D eigenvalue weighted by atomic mass is 10.1. The Morgan fingerprint density at radius 3 is 2.83 bits per heavy atom. The lowest BCUT2D eigenvalue weighted by Crippen LogP contribution is -2.34. The minimum Gasteiger partial charge on any atom is -0.381 e. The minimum absolute atomic E-state index is 0.439. The molecule has 0 radical (unpaired) electrons. The number of nitrogens with zero attached hydrogens (tertiary/aromatic N) is 1. The van der Waals surface area contributed by atoms with Gasteiger partial charge in [0.25, 0.3) is 6.20 Å². The van der Waals surface area contributed by atoms with Crippen molar-refractivity contribution in [1.29, 1.82) is 0 Å². The van der Waals surface area contributed by atoms with E-state index in [1.54, 1.807) is 0 Å². The van der Waals surface area contributed by atoms with E-state index in [9.17, 15) is 10.1 Å². The molecule has 0 aromatic carbocycles. The van der Waals surface area contributed by atoms with Crippen LogP contribution in [-0.2, 0) is 0 Å². The van der Waals surface area contributed by atoms with E-state index < -0.39 is 8.16 Å². The summed E-state index contributed by atoms with van der Waals surface area (Å²) in [6, 6.07) is 0. The predicted molar refractivity (Wildman–Crippen MR) is 52.9 cm³/mol. The normalized spacial score (nSPS) is 25.0. The lowest BCUT2D eigenvalue weighted by molar-refractivity contribution is -0.404. The van der Waals surface area contributed by atoms with Gasteiger partial charge in [-0.05, 0) is 12.8 Å². The third kappa shape index (κ3) is 2.45. The van der Waals surface area contributed by atoms with Crippen molar-refractivity contribution in [2.75, 3.05) is 6.54 Å². The van der Waals surface area contributed by atoms with Crippen molar-refractivity contribution < 1.29 is 4.92 Å². The number of rotatable bonds is 1. The lowest BCUT2D eigenvalue weighted by Gasteiger charge is -2.28. The van der Waals surface area contributed by atoms with Crippen molar-refractivity contribution in [2.45, 2.75) is 16.1 Å². The quantitative estimate of drug-likeness (QED) is 0.457. The molecule has 4 nitrogen and oxygen atoms in total. The van der Waals surface area contributed by atoms with Gasteiger partial charge in [-0.2, -0.15) is 0 Å². The molecule has 12 heavy (non-hydrogen) atoms. The molecule has 1 aliphatic heterocycles. The fourth-order valence-corrected chi connectivity index (χ4v) is 2.09. The van der Waals surface area contributed by atoms with Crippen LogP contribution in [0.4, 0.5) is 0 Å². The van der Waals surface area contributed by atoms with Crippen molar-refractivity contribution in [1.82, 2.24) is 5.32 Å². The molecule has 68 valence electrons. The number of halogens is 2. The first kappa shape index (κ1) is 9.98. The molecule has 0 amide bonds. The molecule has 1 saturated heterocycles. The first-order chi connectivity index (χ1) is 5.52. The number of nitro groups is 1. The largest absolute Gasteiger partial charge is 0.381 e. The maximum atomic E-state index is 10.2. The van der Waals surface area contributed by atoms with Crippen molar-refractivity contribution in [3.05, 3.63) is 22.0 Å². The summed E-state index contributed by atoms with van der Waals surface area (Å²) in [6.07, 6.45) is 2.83. The average molecular weight is 300 g/mol. The van der Waals surface area contributed by atoms with E-state index in [4.69, 9.17) is 0 Å². The summed E-state index contributed by atoms with van der Waals surface area (Å²) in [5.41, 5.74) is 0.582. The molecule has 0 spiro atoms. The van der Waals surface area contributed by atoms with Gasteiger partial charge in [-0.3, -0.25) is 10.1 Å². The van der Waals surface area contributed by atoms with Gasteiger partial charge in [0.1, 0.15) is 8.93 Å². The Balaban J connectivity index is 2.79. The van der Waals surface area contributed by atoms with Crippen molar-refractivity contribution in [3.8, 4) is 0 Å². The van der Waals surface area contributed by atoms with Crippen LogP contribution < -0.4 is 5.32 Å². The van der Waals surface area contributed by atoms with Gasteiger partial charge in [0.2, 0.25) is 0 Å². The summed E-state index contributed by atoms with van der Waals surface area (Å²) in [5, 5.41) is 13.2. The molecule has 0 atom stereocenters. The molecule has 0 aromatic rings. The molecule has 1 rings (SSSR count). The van der Waals surface area contributed by atoms with Gasteiger partial charge < -0.3 is 5.32 Å². The minimum atomic E-state index is -0.453. The molecule has 1 fully saturated rings. The third-order valence-corrected chi connectivity index (χ3v) is 3.26. The molecule has 0 unspecified atom stereocenters. The fraction of sp³-hybridized carbons (Fsp3) is 0.667. The van der Waals surface area contributed by atoms with E-state index in [2.05, 4.69) is 37.2 Å². The molecule has 1 N–H and O–H groups in total. The third-order valence-electron chi connectivity index (χ3n) is 1.61.